The van der Waals surface area contributed by atoms with E-state index in [9.17, 15) is 4.79 Å². The lowest BCUT2D eigenvalue weighted by atomic mass is 10.1. The first kappa shape index (κ1) is 14.4. The number of carbonyl (C=O) groups excluding carboxylic acids is 1. The molecule has 1 aliphatic heterocycles. The van der Waals surface area contributed by atoms with Crippen molar-refractivity contribution in [2.45, 2.75) is 13.0 Å². The molecule has 0 saturated carbocycles. The van der Waals surface area contributed by atoms with Gasteiger partial charge in [-0.1, -0.05) is 18.2 Å². The molecule has 3 N–H and O–H groups in total. The molecule has 0 radical (unpaired) electrons. The van der Waals surface area contributed by atoms with Crippen molar-refractivity contribution in [3.8, 4) is 5.75 Å². The van der Waals surface area contributed by atoms with Crippen LogP contribution >= 0.6 is 0 Å². The molecular formula is C17H18N2O3. The fraction of sp³-hybridized carbons (Fsp3) is 0.235. The highest BCUT2D eigenvalue weighted by Crippen LogP contribution is 2.26. The van der Waals surface area contributed by atoms with Gasteiger partial charge in [-0.3, -0.25) is 4.79 Å². The molecule has 0 atom stereocenters. The summed E-state index contributed by atoms with van der Waals surface area (Å²) in [5, 5.41) is 14.7. The van der Waals surface area contributed by atoms with E-state index < -0.39 is 12.5 Å². The monoisotopic (exact) mass is 298 g/mol. The van der Waals surface area contributed by atoms with E-state index in [4.69, 9.17) is 9.84 Å². The number of anilines is 2. The van der Waals surface area contributed by atoms with Crippen molar-refractivity contribution in [2.24, 2.45) is 0 Å². The SMILES string of the molecule is O=C(CO)Nc1cccc(NCc2ccc3c(c2)CCO3)c1. The first-order valence-corrected chi connectivity index (χ1v) is 7.24. The molecule has 0 spiro atoms. The quantitative estimate of drug-likeness (QED) is 0.791. The molecule has 1 heterocycles. The zero-order chi connectivity index (χ0) is 15.4. The minimum Gasteiger partial charge on any atom is -0.493 e. The van der Waals surface area contributed by atoms with Gasteiger partial charge in [-0.15, -0.1) is 0 Å². The van der Waals surface area contributed by atoms with Crippen LogP contribution in [-0.4, -0.2) is 24.2 Å². The van der Waals surface area contributed by atoms with Crippen LogP contribution in [0.1, 0.15) is 11.1 Å². The summed E-state index contributed by atoms with van der Waals surface area (Å²) in [5.41, 5.74) is 4.01. The molecule has 2 aromatic rings. The Bertz CT molecular complexity index is 685. The smallest absolute Gasteiger partial charge is 0.250 e. The summed E-state index contributed by atoms with van der Waals surface area (Å²) in [5.74, 6) is 0.563. The van der Waals surface area contributed by atoms with Gasteiger partial charge >= 0.3 is 0 Å². The maximum absolute atomic E-state index is 11.2. The van der Waals surface area contributed by atoms with Crippen molar-refractivity contribution in [1.29, 1.82) is 0 Å². The van der Waals surface area contributed by atoms with Crippen LogP contribution in [0.15, 0.2) is 42.5 Å². The lowest BCUT2D eigenvalue weighted by Crippen LogP contribution is -2.15. The summed E-state index contributed by atoms with van der Waals surface area (Å²) in [6.45, 7) is 0.943. The van der Waals surface area contributed by atoms with E-state index in [1.165, 1.54) is 11.1 Å². The fourth-order valence-electron chi connectivity index (χ4n) is 2.46. The first-order chi connectivity index (χ1) is 10.7. The third-order valence-corrected chi connectivity index (χ3v) is 3.54. The minimum atomic E-state index is -0.519. The molecule has 5 heteroatoms. The van der Waals surface area contributed by atoms with Gasteiger partial charge in [0.15, 0.2) is 0 Å². The molecule has 1 aliphatic rings. The zero-order valence-corrected chi connectivity index (χ0v) is 12.1. The molecule has 5 nitrogen and oxygen atoms in total. The topological polar surface area (TPSA) is 70.6 Å². The summed E-state index contributed by atoms with van der Waals surface area (Å²) in [7, 11) is 0. The molecule has 0 aromatic heterocycles. The average molecular weight is 298 g/mol. The molecule has 22 heavy (non-hydrogen) atoms. The van der Waals surface area contributed by atoms with Crippen LogP contribution in [0, 0.1) is 0 Å². The van der Waals surface area contributed by atoms with Gasteiger partial charge in [-0.2, -0.15) is 0 Å². The van der Waals surface area contributed by atoms with Gasteiger partial charge in [0.05, 0.1) is 6.61 Å². The summed E-state index contributed by atoms with van der Waals surface area (Å²) >= 11 is 0. The molecule has 0 bridgehead atoms. The largest absolute Gasteiger partial charge is 0.493 e. The molecule has 0 saturated heterocycles. The second-order valence-corrected chi connectivity index (χ2v) is 5.18. The van der Waals surface area contributed by atoms with Crippen LogP contribution in [0.25, 0.3) is 0 Å². The Morgan fingerprint density at radius 3 is 2.91 bits per heavy atom. The number of aliphatic hydroxyl groups is 1. The van der Waals surface area contributed by atoms with E-state index in [1.807, 2.05) is 24.3 Å². The van der Waals surface area contributed by atoms with Crippen molar-refractivity contribution in [2.75, 3.05) is 23.8 Å². The zero-order valence-electron chi connectivity index (χ0n) is 12.1. The van der Waals surface area contributed by atoms with E-state index in [0.29, 0.717) is 12.2 Å². The van der Waals surface area contributed by atoms with Gasteiger partial charge < -0.3 is 20.5 Å². The normalized spacial score (nSPS) is 12.4. The Hall–Kier alpha value is -2.53. The number of carbonyl (C=O) groups is 1. The summed E-state index contributed by atoms with van der Waals surface area (Å²) in [6, 6.07) is 13.6. The lowest BCUT2D eigenvalue weighted by molar-refractivity contribution is -0.118. The van der Waals surface area contributed by atoms with E-state index in [2.05, 4.69) is 22.8 Å². The van der Waals surface area contributed by atoms with Crippen molar-refractivity contribution < 1.29 is 14.6 Å². The number of ether oxygens (including phenoxy) is 1. The van der Waals surface area contributed by atoms with Gasteiger partial charge in [-0.05, 0) is 35.4 Å². The Balaban J connectivity index is 1.64. The average Bonchev–Trinajstić information content (AvgIpc) is 3.01. The van der Waals surface area contributed by atoms with Crippen molar-refractivity contribution in [3.63, 3.8) is 0 Å². The number of hydrogen-bond donors (Lipinski definition) is 3. The van der Waals surface area contributed by atoms with Gasteiger partial charge in [-0.25, -0.2) is 0 Å². The Morgan fingerprint density at radius 2 is 2.05 bits per heavy atom. The Labute approximate surface area is 128 Å². The van der Waals surface area contributed by atoms with Crippen LogP contribution in [0.5, 0.6) is 5.75 Å². The maximum Gasteiger partial charge on any atom is 0.250 e. The second kappa shape index (κ2) is 6.49. The highest BCUT2D eigenvalue weighted by molar-refractivity contribution is 5.91. The molecular weight excluding hydrogens is 280 g/mol. The standard InChI is InChI=1S/C17H18N2O3/c20-11-17(21)19-15-3-1-2-14(9-15)18-10-12-4-5-16-13(8-12)6-7-22-16/h1-5,8-9,18,20H,6-7,10-11H2,(H,19,21). The predicted octanol–water partition coefficient (Wildman–Crippen LogP) is 2.16. The summed E-state index contributed by atoms with van der Waals surface area (Å²) < 4.78 is 5.50. The number of benzene rings is 2. The number of fused-ring (bicyclic) bond motifs is 1. The highest BCUT2D eigenvalue weighted by atomic mass is 16.5. The number of aliphatic hydroxyl groups excluding tert-OH is 1. The van der Waals surface area contributed by atoms with Crippen LogP contribution in [0.2, 0.25) is 0 Å². The highest BCUT2D eigenvalue weighted by Gasteiger charge is 2.11. The number of amides is 1. The predicted molar refractivity (Wildman–Crippen MR) is 85.1 cm³/mol. The van der Waals surface area contributed by atoms with E-state index >= 15 is 0 Å². The van der Waals surface area contributed by atoms with Gasteiger partial charge in [0.1, 0.15) is 12.4 Å². The lowest BCUT2D eigenvalue weighted by Gasteiger charge is -2.10. The molecule has 114 valence electrons. The summed E-state index contributed by atoms with van der Waals surface area (Å²) in [4.78, 5) is 11.2. The van der Waals surface area contributed by atoms with Gasteiger partial charge in [0.2, 0.25) is 5.91 Å². The van der Waals surface area contributed by atoms with Crippen LogP contribution < -0.4 is 15.4 Å². The molecule has 0 aliphatic carbocycles. The van der Waals surface area contributed by atoms with Gasteiger partial charge in [0, 0.05) is 24.3 Å². The Kier molecular flexibility index (Phi) is 4.25. The van der Waals surface area contributed by atoms with Crippen molar-refractivity contribution >= 4 is 17.3 Å². The van der Waals surface area contributed by atoms with Crippen LogP contribution in [0.4, 0.5) is 11.4 Å². The second-order valence-electron chi connectivity index (χ2n) is 5.18. The van der Waals surface area contributed by atoms with E-state index in [1.54, 1.807) is 6.07 Å². The van der Waals surface area contributed by atoms with E-state index in [0.717, 1.165) is 24.5 Å². The minimum absolute atomic E-state index is 0.421. The van der Waals surface area contributed by atoms with Crippen molar-refractivity contribution in [1.82, 2.24) is 0 Å². The van der Waals surface area contributed by atoms with Crippen LogP contribution in [-0.2, 0) is 17.8 Å². The summed E-state index contributed by atoms with van der Waals surface area (Å²) in [6.07, 6.45) is 0.964. The number of nitrogens with one attached hydrogen (secondary N) is 2. The number of rotatable bonds is 5. The first-order valence-electron chi connectivity index (χ1n) is 7.24. The third kappa shape index (κ3) is 3.38. The third-order valence-electron chi connectivity index (χ3n) is 3.54. The van der Waals surface area contributed by atoms with Gasteiger partial charge in [0.25, 0.3) is 0 Å². The molecule has 0 fully saturated rings. The van der Waals surface area contributed by atoms with Crippen LogP contribution in [0.3, 0.4) is 0 Å². The number of hydrogen-bond acceptors (Lipinski definition) is 4. The fourth-order valence-corrected chi connectivity index (χ4v) is 2.46. The van der Waals surface area contributed by atoms with Crippen molar-refractivity contribution in [3.05, 3.63) is 53.6 Å². The van der Waals surface area contributed by atoms with E-state index in [-0.39, 0.29) is 0 Å². The Morgan fingerprint density at radius 1 is 1.18 bits per heavy atom. The molecule has 3 rings (SSSR count). The maximum atomic E-state index is 11.2. The molecule has 2 aromatic carbocycles. The molecule has 1 amide bonds. The molecule has 0 unspecified atom stereocenters.